The van der Waals surface area contributed by atoms with Gasteiger partial charge in [0.1, 0.15) is 5.69 Å². The molecule has 1 amide bonds. The first-order valence-corrected chi connectivity index (χ1v) is 6.91. The largest absolute Gasteiger partial charge is 0.481 e. The number of carboxylic acid groups (broad SMARTS) is 1. The zero-order chi connectivity index (χ0) is 14.8. The minimum absolute atomic E-state index is 0.293. The number of aromatic nitrogens is 1. The quantitative estimate of drug-likeness (QED) is 0.886. The van der Waals surface area contributed by atoms with Gasteiger partial charge in [-0.1, -0.05) is 18.9 Å². The van der Waals surface area contributed by atoms with Gasteiger partial charge in [0.2, 0.25) is 0 Å². The molecule has 1 aromatic heterocycles. The predicted molar refractivity (Wildman–Crippen MR) is 74.4 cm³/mol. The van der Waals surface area contributed by atoms with Crippen molar-refractivity contribution in [3.05, 3.63) is 29.6 Å². The average molecular weight is 276 g/mol. The summed E-state index contributed by atoms with van der Waals surface area (Å²) in [4.78, 5) is 27.8. The van der Waals surface area contributed by atoms with Crippen LogP contribution in [-0.4, -0.2) is 27.5 Å². The summed E-state index contributed by atoms with van der Waals surface area (Å²) in [7, 11) is 0. The van der Waals surface area contributed by atoms with Gasteiger partial charge in [-0.3, -0.25) is 14.6 Å². The van der Waals surface area contributed by atoms with Crippen molar-refractivity contribution in [2.45, 2.75) is 45.1 Å². The van der Waals surface area contributed by atoms with E-state index >= 15 is 0 Å². The lowest BCUT2D eigenvalue weighted by Gasteiger charge is -2.39. The maximum absolute atomic E-state index is 12.3. The summed E-state index contributed by atoms with van der Waals surface area (Å²) >= 11 is 0. The van der Waals surface area contributed by atoms with Gasteiger partial charge in [0.15, 0.2) is 0 Å². The van der Waals surface area contributed by atoms with Crippen molar-refractivity contribution in [2.24, 2.45) is 5.92 Å². The van der Waals surface area contributed by atoms with Gasteiger partial charge in [-0.25, -0.2) is 0 Å². The van der Waals surface area contributed by atoms with E-state index in [1.807, 2.05) is 19.9 Å². The Balaban J connectivity index is 2.20. The van der Waals surface area contributed by atoms with Gasteiger partial charge in [0.25, 0.3) is 5.91 Å². The summed E-state index contributed by atoms with van der Waals surface area (Å²) in [5, 5.41) is 12.2. The number of pyridine rings is 1. The summed E-state index contributed by atoms with van der Waals surface area (Å²) in [6, 6.07) is 3.59. The average Bonchev–Trinajstić information content (AvgIpc) is 2.38. The number of aryl methyl sites for hydroxylation is 1. The molecule has 0 bridgehead atoms. The molecule has 1 saturated carbocycles. The number of hydrogen-bond donors (Lipinski definition) is 2. The lowest BCUT2D eigenvalue weighted by molar-refractivity contribution is -0.145. The fraction of sp³-hybridized carbons (Fsp3) is 0.533. The van der Waals surface area contributed by atoms with Gasteiger partial charge in [-0.2, -0.15) is 0 Å². The molecule has 1 aliphatic rings. The van der Waals surface area contributed by atoms with E-state index in [0.29, 0.717) is 18.5 Å². The van der Waals surface area contributed by atoms with Crippen LogP contribution in [0.25, 0.3) is 0 Å². The van der Waals surface area contributed by atoms with E-state index in [4.69, 9.17) is 0 Å². The number of carboxylic acids is 1. The third kappa shape index (κ3) is 2.81. The molecule has 5 heteroatoms. The van der Waals surface area contributed by atoms with Crippen molar-refractivity contribution in [1.82, 2.24) is 10.3 Å². The Labute approximate surface area is 118 Å². The molecule has 0 aromatic carbocycles. The molecule has 0 radical (unpaired) electrons. The zero-order valence-electron chi connectivity index (χ0n) is 11.8. The molecule has 2 unspecified atom stereocenters. The highest BCUT2D eigenvalue weighted by Gasteiger charge is 2.42. The van der Waals surface area contributed by atoms with E-state index in [2.05, 4.69) is 10.3 Å². The van der Waals surface area contributed by atoms with Crippen LogP contribution in [0.15, 0.2) is 18.3 Å². The minimum atomic E-state index is -0.842. The second-order valence-corrected chi connectivity index (χ2v) is 5.68. The van der Waals surface area contributed by atoms with Gasteiger partial charge in [-0.15, -0.1) is 0 Å². The van der Waals surface area contributed by atoms with E-state index in [1.165, 1.54) is 0 Å². The van der Waals surface area contributed by atoms with E-state index in [0.717, 1.165) is 18.4 Å². The van der Waals surface area contributed by atoms with Crippen LogP contribution in [-0.2, 0) is 4.79 Å². The Morgan fingerprint density at radius 3 is 2.85 bits per heavy atom. The Morgan fingerprint density at radius 2 is 2.20 bits per heavy atom. The molecule has 2 N–H and O–H groups in total. The highest BCUT2D eigenvalue weighted by Crippen LogP contribution is 2.34. The number of carbonyl (C=O) groups excluding carboxylic acids is 1. The summed E-state index contributed by atoms with van der Waals surface area (Å²) in [5.74, 6) is -1.67. The molecule has 0 aliphatic heterocycles. The standard InChI is InChI=1S/C15H20N2O3/c1-10-6-5-9-16-12(10)13(18)17-15(2)8-4-3-7-11(15)14(19)20/h5-6,9,11H,3-4,7-8H2,1-2H3,(H,17,18)(H,19,20). The lowest BCUT2D eigenvalue weighted by atomic mass is 9.74. The number of nitrogens with one attached hydrogen (secondary N) is 1. The fourth-order valence-electron chi connectivity index (χ4n) is 2.92. The minimum Gasteiger partial charge on any atom is -0.481 e. The van der Waals surface area contributed by atoms with Crippen molar-refractivity contribution < 1.29 is 14.7 Å². The molecule has 0 spiro atoms. The molecule has 5 nitrogen and oxygen atoms in total. The van der Waals surface area contributed by atoms with Crippen molar-refractivity contribution in [1.29, 1.82) is 0 Å². The van der Waals surface area contributed by atoms with Crippen LogP contribution in [0.3, 0.4) is 0 Å². The van der Waals surface area contributed by atoms with Crippen LogP contribution in [0.2, 0.25) is 0 Å². The lowest BCUT2D eigenvalue weighted by Crippen LogP contribution is -2.55. The monoisotopic (exact) mass is 276 g/mol. The van der Waals surface area contributed by atoms with Crippen molar-refractivity contribution in [3.8, 4) is 0 Å². The van der Waals surface area contributed by atoms with Crippen LogP contribution < -0.4 is 5.32 Å². The van der Waals surface area contributed by atoms with Gasteiger partial charge in [0, 0.05) is 6.20 Å². The zero-order valence-corrected chi connectivity index (χ0v) is 11.8. The van der Waals surface area contributed by atoms with Gasteiger partial charge >= 0.3 is 5.97 Å². The Kier molecular flexibility index (Phi) is 4.06. The first kappa shape index (κ1) is 14.5. The van der Waals surface area contributed by atoms with Crippen LogP contribution >= 0.6 is 0 Å². The fourth-order valence-corrected chi connectivity index (χ4v) is 2.92. The number of nitrogens with zero attached hydrogens (tertiary/aromatic N) is 1. The van der Waals surface area contributed by atoms with E-state index in [9.17, 15) is 14.7 Å². The number of hydrogen-bond acceptors (Lipinski definition) is 3. The number of aliphatic carboxylic acids is 1. The highest BCUT2D eigenvalue weighted by atomic mass is 16.4. The van der Waals surface area contributed by atoms with Gasteiger partial charge < -0.3 is 10.4 Å². The van der Waals surface area contributed by atoms with Crippen LogP contribution in [0.1, 0.15) is 48.7 Å². The highest BCUT2D eigenvalue weighted by molar-refractivity contribution is 5.94. The summed E-state index contributed by atoms with van der Waals surface area (Å²) in [5.41, 5.74) is 0.449. The maximum Gasteiger partial charge on any atom is 0.308 e. The Bertz CT molecular complexity index is 530. The number of amides is 1. The summed E-state index contributed by atoms with van der Waals surface area (Å²) in [6.45, 7) is 3.64. The Morgan fingerprint density at radius 1 is 1.45 bits per heavy atom. The van der Waals surface area contributed by atoms with Crippen LogP contribution in [0, 0.1) is 12.8 Å². The molecular formula is C15H20N2O3. The van der Waals surface area contributed by atoms with Gasteiger partial charge in [0.05, 0.1) is 11.5 Å². The molecule has 0 saturated heterocycles. The second-order valence-electron chi connectivity index (χ2n) is 5.68. The van der Waals surface area contributed by atoms with Crippen molar-refractivity contribution in [3.63, 3.8) is 0 Å². The number of rotatable bonds is 3. The van der Waals surface area contributed by atoms with Crippen molar-refractivity contribution in [2.75, 3.05) is 0 Å². The topological polar surface area (TPSA) is 79.3 Å². The third-order valence-electron chi connectivity index (χ3n) is 4.13. The Hall–Kier alpha value is -1.91. The first-order chi connectivity index (χ1) is 9.44. The van der Waals surface area contributed by atoms with Crippen LogP contribution in [0.4, 0.5) is 0 Å². The normalized spacial score (nSPS) is 26.0. The molecule has 1 heterocycles. The number of carbonyl (C=O) groups is 2. The summed E-state index contributed by atoms with van der Waals surface area (Å²) < 4.78 is 0. The molecule has 2 rings (SSSR count). The molecule has 1 aliphatic carbocycles. The summed E-state index contributed by atoms with van der Waals surface area (Å²) in [6.07, 6.45) is 4.68. The van der Waals surface area contributed by atoms with Crippen molar-refractivity contribution >= 4 is 11.9 Å². The van der Waals surface area contributed by atoms with Gasteiger partial charge in [-0.05, 0) is 38.3 Å². The third-order valence-corrected chi connectivity index (χ3v) is 4.13. The molecule has 108 valence electrons. The van der Waals surface area contributed by atoms with E-state index < -0.39 is 17.4 Å². The maximum atomic E-state index is 12.3. The smallest absolute Gasteiger partial charge is 0.308 e. The molecule has 1 aromatic rings. The predicted octanol–water partition coefficient (Wildman–Crippen LogP) is 2.15. The molecule has 1 fully saturated rings. The van der Waals surface area contributed by atoms with E-state index in [-0.39, 0.29) is 5.91 Å². The molecule has 2 atom stereocenters. The first-order valence-electron chi connectivity index (χ1n) is 6.91. The van der Waals surface area contributed by atoms with Crippen LogP contribution in [0.5, 0.6) is 0 Å². The molecular weight excluding hydrogens is 256 g/mol. The van der Waals surface area contributed by atoms with E-state index in [1.54, 1.807) is 12.3 Å². The SMILES string of the molecule is Cc1cccnc1C(=O)NC1(C)CCCCC1C(=O)O. The second kappa shape index (κ2) is 5.61. The molecule has 20 heavy (non-hydrogen) atoms.